The van der Waals surface area contributed by atoms with Crippen LogP contribution in [0.25, 0.3) is 0 Å². The van der Waals surface area contributed by atoms with Crippen molar-refractivity contribution >= 4 is 11.6 Å². The molecule has 0 saturated heterocycles. The molecule has 90 valence electrons. The summed E-state index contributed by atoms with van der Waals surface area (Å²) >= 11 is 0. The maximum atomic E-state index is 5.67. The summed E-state index contributed by atoms with van der Waals surface area (Å²) in [7, 11) is 1.96. The largest absolute Gasteiger partial charge is 0.384 e. The number of nitrogens with two attached hydrogens (primary N) is 1. The second-order valence-electron chi connectivity index (χ2n) is 4.04. The first-order valence-corrected chi connectivity index (χ1v) is 5.43. The number of hydrogen-bond donors (Lipinski definition) is 1. The van der Waals surface area contributed by atoms with Gasteiger partial charge in [0.05, 0.1) is 12.7 Å². The fraction of sp³-hybridized carbons (Fsp3) is 0.636. The van der Waals surface area contributed by atoms with Gasteiger partial charge in [0.25, 0.3) is 0 Å². The summed E-state index contributed by atoms with van der Waals surface area (Å²) in [5, 5.41) is 0. The summed E-state index contributed by atoms with van der Waals surface area (Å²) in [5.41, 5.74) is 5.67. The smallest absolute Gasteiger partial charge is 0.134 e. The van der Waals surface area contributed by atoms with Crippen LogP contribution < -0.4 is 10.6 Å². The molecule has 1 rings (SSSR count). The lowest BCUT2D eigenvalue weighted by Crippen LogP contribution is -2.25. The number of nitrogen functional groups attached to an aromatic ring is 1. The summed E-state index contributed by atoms with van der Waals surface area (Å²) in [6.45, 7) is 7.34. The Morgan fingerprint density at radius 1 is 1.44 bits per heavy atom. The highest BCUT2D eigenvalue weighted by atomic mass is 16.5. The van der Waals surface area contributed by atoms with Crippen LogP contribution in [-0.2, 0) is 4.74 Å². The zero-order chi connectivity index (χ0) is 12.1. The van der Waals surface area contributed by atoms with E-state index in [0.717, 1.165) is 12.4 Å². The van der Waals surface area contributed by atoms with Crippen LogP contribution in [-0.4, -0.2) is 36.3 Å². The molecule has 0 aliphatic carbocycles. The molecule has 0 aromatic carbocycles. The Balaban J connectivity index is 2.55. The number of hydrogen-bond acceptors (Lipinski definition) is 5. The van der Waals surface area contributed by atoms with Crippen LogP contribution >= 0.6 is 0 Å². The Kier molecular flexibility index (Phi) is 4.49. The van der Waals surface area contributed by atoms with Crippen molar-refractivity contribution in [1.29, 1.82) is 0 Å². The molecule has 5 heteroatoms. The Bertz CT molecular complexity index is 321. The van der Waals surface area contributed by atoms with Gasteiger partial charge in [0.2, 0.25) is 0 Å². The zero-order valence-corrected chi connectivity index (χ0v) is 10.4. The van der Waals surface area contributed by atoms with E-state index in [9.17, 15) is 0 Å². The van der Waals surface area contributed by atoms with Crippen molar-refractivity contribution in [3.63, 3.8) is 0 Å². The molecular weight excluding hydrogens is 204 g/mol. The van der Waals surface area contributed by atoms with Gasteiger partial charge < -0.3 is 15.4 Å². The third kappa shape index (κ3) is 4.02. The molecule has 0 atom stereocenters. The molecule has 5 nitrogen and oxygen atoms in total. The molecule has 16 heavy (non-hydrogen) atoms. The first kappa shape index (κ1) is 12.7. The van der Waals surface area contributed by atoms with Crippen LogP contribution in [0.5, 0.6) is 0 Å². The summed E-state index contributed by atoms with van der Waals surface area (Å²) in [4.78, 5) is 10.4. The highest BCUT2D eigenvalue weighted by molar-refractivity contribution is 5.46. The minimum atomic E-state index is 0.255. The highest BCUT2D eigenvalue weighted by Gasteiger charge is 2.05. The topological polar surface area (TPSA) is 64.3 Å². The van der Waals surface area contributed by atoms with Crippen LogP contribution in [0.2, 0.25) is 0 Å². The van der Waals surface area contributed by atoms with Gasteiger partial charge in [-0.1, -0.05) is 0 Å². The standard InChI is InChI=1S/C11H20N4O/c1-8(2)16-6-5-15(4)11-7-10(12)13-9(3)14-11/h7-8H,5-6H2,1-4H3,(H2,12,13,14). The van der Waals surface area contributed by atoms with E-state index < -0.39 is 0 Å². The van der Waals surface area contributed by atoms with Gasteiger partial charge in [-0.3, -0.25) is 0 Å². The van der Waals surface area contributed by atoms with Crippen LogP contribution in [0.3, 0.4) is 0 Å². The van der Waals surface area contributed by atoms with Gasteiger partial charge in [-0.15, -0.1) is 0 Å². The molecule has 0 fully saturated rings. The van der Waals surface area contributed by atoms with E-state index in [1.54, 1.807) is 6.07 Å². The first-order valence-electron chi connectivity index (χ1n) is 5.43. The van der Waals surface area contributed by atoms with Crippen molar-refractivity contribution < 1.29 is 4.74 Å². The molecule has 2 N–H and O–H groups in total. The SMILES string of the molecule is Cc1nc(N)cc(N(C)CCOC(C)C)n1. The number of rotatable bonds is 5. The predicted molar refractivity (Wildman–Crippen MR) is 65.5 cm³/mol. The van der Waals surface area contributed by atoms with E-state index in [4.69, 9.17) is 10.5 Å². The van der Waals surface area contributed by atoms with Crippen molar-refractivity contribution in [3.8, 4) is 0 Å². The fourth-order valence-electron chi connectivity index (χ4n) is 1.31. The molecule has 0 bridgehead atoms. The van der Waals surface area contributed by atoms with Crippen molar-refractivity contribution in [1.82, 2.24) is 9.97 Å². The lowest BCUT2D eigenvalue weighted by atomic mass is 10.4. The number of aromatic nitrogens is 2. The van der Waals surface area contributed by atoms with Crippen molar-refractivity contribution in [2.75, 3.05) is 30.8 Å². The molecule has 0 unspecified atom stereocenters. The Hall–Kier alpha value is -1.36. The van der Waals surface area contributed by atoms with E-state index in [0.29, 0.717) is 18.2 Å². The van der Waals surface area contributed by atoms with E-state index in [-0.39, 0.29) is 6.10 Å². The Morgan fingerprint density at radius 3 is 2.69 bits per heavy atom. The van der Waals surface area contributed by atoms with Gasteiger partial charge in [0.1, 0.15) is 17.5 Å². The average molecular weight is 224 g/mol. The lowest BCUT2D eigenvalue weighted by molar-refractivity contribution is 0.0845. The molecule has 0 radical (unpaired) electrons. The second kappa shape index (κ2) is 5.65. The number of likely N-dealkylation sites (N-methyl/N-ethyl adjacent to an activating group) is 1. The Labute approximate surface area is 96.6 Å². The molecule has 0 saturated carbocycles. The summed E-state index contributed by atoms with van der Waals surface area (Å²) in [6.07, 6.45) is 0.255. The van der Waals surface area contributed by atoms with Crippen LogP contribution in [0, 0.1) is 6.92 Å². The number of nitrogens with zero attached hydrogens (tertiary/aromatic N) is 3. The summed E-state index contributed by atoms with van der Waals surface area (Å²) < 4.78 is 5.48. The summed E-state index contributed by atoms with van der Waals surface area (Å²) in [6, 6.07) is 1.77. The monoisotopic (exact) mass is 224 g/mol. The quantitative estimate of drug-likeness (QED) is 0.815. The Morgan fingerprint density at radius 2 is 2.12 bits per heavy atom. The van der Waals surface area contributed by atoms with Gasteiger partial charge in [-0.05, 0) is 20.8 Å². The van der Waals surface area contributed by atoms with E-state index >= 15 is 0 Å². The molecule has 0 spiro atoms. The average Bonchev–Trinajstić information content (AvgIpc) is 2.15. The van der Waals surface area contributed by atoms with Crippen molar-refractivity contribution in [2.24, 2.45) is 0 Å². The minimum absolute atomic E-state index is 0.255. The van der Waals surface area contributed by atoms with Gasteiger partial charge in [0, 0.05) is 19.7 Å². The maximum absolute atomic E-state index is 5.67. The third-order valence-corrected chi connectivity index (χ3v) is 2.11. The molecule has 0 amide bonds. The predicted octanol–water partition coefficient (Wildman–Crippen LogP) is 1.23. The third-order valence-electron chi connectivity index (χ3n) is 2.11. The molecular formula is C11H20N4O. The van der Waals surface area contributed by atoms with Gasteiger partial charge >= 0.3 is 0 Å². The molecule has 1 aromatic heterocycles. The number of anilines is 2. The number of ether oxygens (including phenoxy) is 1. The van der Waals surface area contributed by atoms with Crippen LogP contribution in [0.1, 0.15) is 19.7 Å². The normalized spacial score (nSPS) is 10.8. The lowest BCUT2D eigenvalue weighted by Gasteiger charge is -2.19. The molecule has 1 aromatic rings. The van der Waals surface area contributed by atoms with Gasteiger partial charge in [-0.25, -0.2) is 9.97 Å². The van der Waals surface area contributed by atoms with Crippen molar-refractivity contribution in [3.05, 3.63) is 11.9 Å². The molecule has 0 aliphatic heterocycles. The zero-order valence-electron chi connectivity index (χ0n) is 10.4. The van der Waals surface area contributed by atoms with E-state index in [1.165, 1.54) is 0 Å². The van der Waals surface area contributed by atoms with E-state index in [2.05, 4.69) is 9.97 Å². The fourth-order valence-corrected chi connectivity index (χ4v) is 1.31. The first-order chi connectivity index (χ1) is 7.49. The van der Waals surface area contributed by atoms with Crippen LogP contribution in [0.4, 0.5) is 11.6 Å². The second-order valence-corrected chi connectivity index (χ2v) is 4.04. The summed E-state index contributed by atoms with van der Waals surface area (Å²) in [5.74, 6) is 2.02. The minimum Gasteiger partial charge on any atom is -0.384 e. The highest BCUT2D eigenvalue weighted by Crippen LogP contribution is 2.11. The molecule has 0 aliphatic rings. The van der Waals surface area contributed by atoms with E-state index in [1.807, 2.05) is 32.7 Å². The van der Waals surface area contributed by atoms with Gasteiger partial charge in [0.15, 0.2) is 0 Å². The van der Waals surface area contributed by atoms with Gasteiger partial charge in [-0.2, -0.15) is 0 Å². The number of aryl methyl sites for hydroxylation is 1. The maximum Gasteiger partial charge on any atom is 0.134 e. The molecule has 1 heterocycles. The van der Waals surface area contributed by atoms with Crippen LogP contribution in [0.15, 0.2) is 6.07 Å². The van der Waals surface area contributed by atoms with Crippen molar-refractivity contribution in [2.45, 2.75) is 26.9 Å².